The van der Waals surface area contributed by atoms with Crippen LogP contribution in [0.5, 0.6) is 5.75 Å². The van der Waals surface area contributed by atoms with E-state index in [-0.39, 0.29) is 23.6 Å². The molecule has 27 heavy (non-hydrogen) atoms. The van der Waals surface area contributed by atoms with Gasteiger partial charge in [0, 0.05) is 27.5 Å². The molecule has 0 saturated carbocycles. The zero-order valence-electron chi connectivity index (χ0n) is 15.3. The van der Waals surface area contributed by atoms with Crippen LogP contribution in [0.1, 0.15) is 23.6 Å². The zero-order valence-corrected chi connectivity index (χ0v) is 16.1. The summed E-state index contributed by atoms with van der Waals surface area (Å²) in [6.45, 7) is 5.42. The molecular weight excluding hydrogens is 364 g/mol. The van der Waals surface area contributed by atoms with Gasteiger partial charge in [0.2, 0.25) is 0 Å². The SMILES string of the molecule is Cc1ccc(SC(C)C(=O)OCc2cc(=O)oc3c(C)c(O)ccc23)cc1. The first-order valence-electron chi connectivity index (χ1n) is 8.50. The summed E-state index contributed by atoms with van der Waals surface area (Å²) in [7, 11) is 0. The molecule has 1 aromatic heterocycles. The molecule has 3 rings (SSSR count). The number of aryl methyl sites for hydroxylation is 2. The van der Waals surface area contributed by atoms with Gasteiger partial charge in [0.15, 0.2) is 0 Å². The predicted octanol–water partition coefficient (Wildman–Crippen LogP) is 4.34. The van der Waals surface area contributed by atoms with Gasteiger partial charge < -0.3 is 14.3 Å². The minimum absolute atomic E-state index is 0.0378. The van der Waals surface area contributed by atoms with Crippen molar-refractivity contribution >= 4 is 28.7 Å². The molecule has 0 amide bonds. The lowest BCUT2D eigenvalue weighted by Gasteiger charge is -2.13. The van der Waals surface area contributed by atoms with Gasteiger partial charge in [-0.25, -0.2) is 4.79 Å². The number of benzene rings is 2. The lowest BCUT2D eigenvalue weighted by Crippen LogP contribution is -2.17. The van der Waals surface area contributed by atoms with E-state index in [0.29, 0.717) is 22.1 Å². The first kappa shape index (κ1) is 19.0. The number of hydrogen-bond donors (Lipinski definition) is 1. The van der Waals surface area contributed by atoms with Crippen molar-refractivity contribution in [2.75, 3.05) is 0 Å². The molecule has 0 aliphatic rings. The summed E-state index contributed by atoms with van der Waals surface area (Å²) < 4.78 is 10.6. The largest absolute Gasteiger partial charge is 0.508 e. The molecule has 0 aliphatic heterocycles. The topological polar surface area (TPSA) is 76.7 Å². The molecule has 1 atom stereocenters. The Morgan fingerprint density at radius 1 is 1.19 bits per heavy atom. The number of phenolic OH excluding ortho intramolecular Hbond substituents is 1. The van der Waals surface area contributed by atoms with E-state index in [4.69, 9.17) is 9.15 Å². The van der Waals surface area contributed by atoms with Crippen molar-refractivity contribution < 1.29 is 19.1 Å². The summed E-state index contributed by atoms with van der Waals surface area (Å²) in [6, 6.07) is 12.4. The van der Waals surface area contributed by atoms with Gasteiger partial charge in [0.05, 0.1) is 0 Å². The van der Waals surface area contributed by atoms with Crippen LogP contribution in [0.15, 0.2) is 56.6 Å². The standard InChI is InChI=1S/C21H20O5S/c1-12-4-6-16(7-5-12)27-14(3)21(24)25-11-15-10-19(23)26-20-13(2)18(22)9-8-17(15)20/h4-10,14,22H,11H2,1-3H3. The van der Waals surface area contributed by atoms with Crippen molar-refractivity contribution in [3.05, 3.63) is 69.6 Å². The van der Waals surface area contributed by atoms with Crippen LogP contribution < -0.4 is 5.63 Å². The normalized spacial score (nSPS) is 12.1. The van der Waals surface area contributed by atoms with Crippen molar-refractivity contribution in [3.8, 4) is 5.75 Å². The highest BCUT2D eigenvalue weighted by Gasteiger charge is 2.18. The van der Waals surface area contributed by atoms with E-state index in [2.05, 4.69) is 0 Å². The number of carbonyl (C=O) groups excluding carboxylic acids is 1. The molecule has 1 N–H and O–H groups in total. The first-order chi connectivity index (χ1) is 12.8. The maximum atomic E-state index is 12.3. The van der Waals surface area contributed by atoms with Crippen LogP contribution in [0, 0.1) is 13.8 Å². The molecule has 0 bridgehead atoms. The molecule has 2 aromatic carbocycles. The predicted molar refractivity (Wildman–Crippen MR) is 105 cm³/mol. The maximum Gasteiger partial charge on any atom is 0.336 e. The molecule has 5 nitrogen and oxygen atoms in total. The average molecular weight is 384 g/mol. The van der Waals surface area contributed by atoms with Crippen LogP contribution in [0.4, 0.5) is 0 Å². The number of rotatable bonds is 5. The summed E-state index contributed by atoms with van der Waals surface area (Å²) >= 11 is 1.42. The number of hydrogen-bond acceptors (Lipinski definition) is 6. The van der Waals surface area contributed by atoms with Crippen LogP contribution in [0.25, 0.3) is 11.0 Å². The van der Waals surface area contributed by atoms with Gasteiger partial charge in [-0.1, -0.05) is 17.7 Å². The highest BCUT2D eigenvalue weighted by atomic mass is 32.2. The van der Waals surface area contributed by atoms with Crippen molar-refractivity contribution in [3.63, 3.8) is 0 Å². The summed E-state index contributed by atoms with van der Waals surface area (Å²) in [4.78, 5) is 25.2. The minimum atomic E-state index is -0.552. The molecule has 140 valence electrons. The van der Waals surface area contributed by atoms with E-state index >= 15 is 0 Å². The molecule has 0 spiro atoms. The molecule has 3 aromatic rings. The van der Waals surface area contributed by atoms with Gasteiger partial charge in [0.1, 0.15) is 23.2 Å². The van der Waals surface area contributed by atoms with Gasteiger partial charge in [-0.05, 0) is 45.0 Å². The zero-order chi connectivity index (χ0) is 19.6. The maximum absolute atomic E-state index is 12.3. The van der Waals surface area contributed by atoms with Crippen molar-refractivity contribution in [2.45, 2.75) is 37.5 Å². The van der Waals surface area contributed by atoms with E-state index in [1.807, 2.05) is 31.2 Å². The van der Waals surface area contributed by atoms with E-state index in [0.717, 1.165) is 10.5 Å². The van der Waals surface area contributed by atoms with Gasteiger partial charge >= 0.3 is 11.6 Å². The fraction of sp³-hybridized carbons (Fsp3) is 0.238. The number of phenols is 1. The van der Waals surface area contributed by atoms with Crippen LogP contribution in [-0.2, 0) is 16.1 Å². The summed E-state index contributed by atoms with van der Waals surface area (Å²) in [5.74, 6) is -0.319. The fourth-order valence-electron chi connectivity index (χ4n) is 2.67. The monoisotopic (exact) mass is 384 g/mol. The Kier molecular flexibility index (Phi) is 5.56. The second-order valence-electron chi connectivity index (χ2n) is 6.36. The van der Waals surface area contributed by atoms with Gasteiger partial charge in [-0.2, -0.15) is 0 Å². The molecule has 1 unspecified atom stereocenters. The third-order valence-electron chi connectivity index (χ3n) is 4.25. The minimum Gasteiger partial charge on any atom is -0.508 e. The Morgan fingerprint density at radius 3 is 2.59 bits per heavy atom. The van der Waals surface area contributed by atoms with Gasteiger partial charge in [-0.15, -0.1) is 11.8 Å². The Morgan fingerprint density at radius 2 is 1.89 bits per heavy atom. The number of ether oxygens (including phenoxy) is 1. The van der Waals surface area contributed by atoms with Crippen LogP contribution in [0.3, 0.4) is 0 Å². The number of aromatic hydroxyl groups is 1. The summed E-state index contributed by atoms with van der Waals surface area (Å²) in [5, 5.41) is 10.0. The Hall–Kier alpha value is -2.73. The highest BCUT2D eigenvalue weighted by Crippen LogP contribution is 2.28. The average Bonchev–Trinajstić information content (AvgIpc) is 2.64. The number of esters is 1. The van der Waals surface area contributed by atoms with Gasteiger partial charge in [0.25, 0.3) is 0 Å². The van der Waals surface area contributed by atoms with Crippen molar-refractivity contribution in [2.24, 2.45) is 0 Å². The Bertz CT molecular complexity index is 1040. The van der Waals surface area contributed by atoms with E-state index in [9.17, 15) is 14.7 Å². The van der Waals surface area contributed by atoms with Gasteiger partial charge in [-0.3, -0.25) is 4.79 Å². The molecule has 0 fully saturated rings. The third-order valence-corrected chi connectivity index (χ3v) is 5.34. The summed E-state index contributed by atoms with van der Waals surface area (Å²) in [6.07, 6.45) is 0. The molecule has 0 radical (unpaired) electrons. The van der Waals surface area contributed by atoms with Crippen LogP contribution >= 0.6 is 11.8 Å². The van der Waals surface area contributed by atoms with Crippen LogP contribution in [-0.4, -0.2) is 16.3 Å². The fourth-order valence-corrected chi connectivity index (χ4v) is 3.54. The van der Waals surface area contributed by atoms with Crippen molar-refractivity contribution in [1.29, 1.82) is 0 Å². The number of thioether (sulfide) groups is 1. The smallest absolute Gasteiger partial charge is 0.336 e. The van der Waals surface area contributed by atoms with Crippen LogP contribution in [0.2, 0.25) is 0 Å². The summed E-state index contributed by atoms with van der Waals surface area (Å²) in [5.41, 5.74) is 1.93. The molecule has 0 aliphatic carbocycles. The van der Waals surface area contributed by atoms with Crippen molar-refractivity contribution in [1.82, 2.24) is 0 Å². The van der Waals surface area contributed by atoms with E-state index in [1.54, 1.807) is 19.9 Å². The Balaban J connectivity index is 1.74. The molecular formula is C21H20O5S. The van der Waals surface area contributed by atoms with E-state index in [1.165, 1.54) is 23.9 Å². The first-order valence-corrected chi connectivity index (χ1v) is 9.38. The number of fused-ring (bicyclic) bond motifs is 1. The lowest BCUT2D eigenvalue weighted by atomic mass is 10.1. The molecule has 0 saturated heterocycles. The lowest BCUT2D eigenvalue weighted by molar-refractivity contribution is -0.143. The number of carbonyl (C=O) groups is 1. The Labute approximate surface area is 161 Å². The highest BCUT2D eigenvalue weighted by molar-refractivity contribution is 8.00. The quantitative estimate of drug-likeness (QED) is 0.401. The molecule has 6 heteroatoms. The third kappa shape index (κ3) is 4.34. The van der Waals surface area contributed by atoms with E-state index < -0.39 is 5.63 Å². The second kappa shape index (κ2) is 7.88. The second-order valence-corrected chi connectivity index (χ2v) is 7.77. The molecule has 1 heterocycles.